The first kappa shape index (κ1) is 19.0. The summed E-state index contributed by atoms with van der Waals surface area (Å²) in [6.45, 7) is 20.1. The van der Waals surface area contributed by atoms with Gasteiger partial charge in [-0.25, -0.2) is 0 Å². The molecule has 0 fully saturated rings. The van der Waals surface area contributed by atoms with Gasteiger partial charge in [-0.1, -0.05) is 0 Å². The molecule has 0 aromatic rings. The van der Waals surface area contributed by atoms with Gasteiger partial charge < -0.3 is 0 Å². The van der Waals surface area contributed by atoms with Crippen molar-refractivity contribution in [3.8, 4) is 0 Å². The fourth-order valence-electron chi connectivity index (χ4n) is 3.22. The normalized spacial score (nSPS) is 22.1. The summed E-state index contributed by atoms with van der Waals surface area (Å²) in [5, 5.41) is 0. The molecule has 0 amide bonds. The summed E-state index contributed by atoms with van der Waals surface area (Å²) in [5.41, 5.74) is 4.25. The summed E-state index contributed by atoms with van der Waals surface area (Å²) in [6, 6.07) is 0. The number of allylic oxidation sites excluding steroid dienone is 4. The molecule has 0 aromatic carbocycles. The first-order valence-electron chi connectivity index (χ1n) is 7.28. The molecule has 20 heavy (non-hydrogen) atoms. The van der Waals surface area contributed by atoms with Crippen LogP contribution in [-0.2, 0) is 13.7 Å². The molecule has 0 saturated carbocycles. The Kier molecular flexibility index (Phi) is 5.57. The molecule has 1 N–H and O–H groups in total. The van der Waals surface area contributed by atoms with Crippen LogP contribution in [0, 0.1) is 5.92 Å². The van der Waals surface area contributed by atoms with Crippen molar-refractivity contribution in [3.05, 3.63) is 20.6 Å². The minimum atomic E-state index is -3.10. The van der Waals surface area contributed by atoms with Crippen molar-refractivity contribution >= 4 is 24.7 Å². The first-order valence-corrected chi connectivity index (χ1v) is 17.7. The topological polar surface area (TPSA) is 12.0 Å². The van der Waals surface area contributed by atoms with Crippen LogP contribution in [0.1, 0.15) is 48.5 Å². The van der Waals surface area contributed by atoms with E-state index >= 15 is 0 Å². The SMILES string of the molecule is CC1=C(C)C(C)[C]([Ti]([Cl])([Cl])[Si](C)(C)NC(C)(C)C)=C1C. The Labute approximate surface area is 136 Å². The maximum absolute atomic E-state index is 7.13. The molecule has 0 bridgehead atoms. The van der Waals surface area contributed by atoms with Crippen LogP contribution in [0.2, 0.25) is 13.1 Å². The van der Waals surface area contributed by atoms with Crippen LogP contribution < -0.4 is 4.98 Å². The third kappa shape index (κ3) is 3.47. The fraction of sp³-hybridized carbons (Fsp3) is 0.733. The van der Waals surface area contributed by atoms with Crippen molar-refractivity contribution in [2.24, 2.45) is 5.92 Å². The molecular formula is C15H29Cl2NSiTi. The molecule has 1 aliphatic rings. The standard InChI is InChI=1S/C9H13.C6H16NSi.2ClH.Ti/c1-6-5-7(2)9(4)8(6)3;1-6(2,3)7-8(4)5;;;/h6H,1-4H3;7H,1-5H3;2*1H;/q;;;;+2/p-2. The van der Waals surface area contributed by atoms with Crippen molar-refractivity contribution < 1.29 is 13.7 Å². The van der Waals surface area contributed by atoms with E-state index < -0.39 is 19.8 Å². The summed E-state index contributed by atoms with van der Waals surface area (Å²) in [5.74, 6) is 0.415. The molecule has 0 saturated heterocycles. The number of hydrogen-bond acceptors (Lipinski definition) is 1. The molecule has 0 heterocycles. The van der Waals surface area contributed by atoms with Crippen LogP contribution in [0.5, 0.6) is 0 Å². The number of halogens is 2. The summed E-state index contributed by atoms with van der Waals surface area (Å²) in [4.78, 5) is 3.79. The summed E-state index contributed by atoms with van der Waals surface area (Å²) >= 11 is -3.10. The van der Waals surface area contributed by atoms with E-state index in [4.69, 9.17) is 18.6 Å². The Morgan fingerprint density at radius 1 is 1.05 bits per heavy atom. The average molecular weight is 370 g/mol. The second-order valence-electron chi connectivity index (χ2n) is 7.64. The molecular weight excluding hydrogens is 341 g/mol. The molecule has 1 atom stereocenters. The quantitative estimate of drug-likeness (QED) is 0.620. The molecule has 1 rings (SSSR count). The molecule has 0 spiro atoms. The van der Waals surface area contributed by atoms with Crippen LogP contribution in [0.15, 0.2) is 20.6 Å². The van der Waals surface area contributed by atoms with Crippen molar-refractivity contribution in [1.82, 2.24) is 4.98 Å². The Morgan fingerprint density at radius 2 is 1.50 bits per heavy atom. The van der Waals surface area contributed by atoms with E-state index in [-0.39, 0.29) is 5.54 Å². The minimum absolute atomic E-state index is 0.0594. The Balaban J connectivity index is 3.25. The Morgan fingerprint density at radius 3 is 1.80 bits per heavy atom. The molecule has 1 unspecified atom stereocenters. The van der Waals surface area contributed by atoms with E-state index in [0.717, 1.165) is 0 Å². The van der Waals surface area contributed by atoms with E-state index in [1.807, 2.05) is 0 Å². The second-order valence-corrected chi connectivity index (χ2v) is 30.8. The van der Waals surface area contributed by atoms with Gasteiger partial charge in [0.15, 0.2) is 0 Å². The van der Waals surface area contributed by atoms with E-state index in [0.29, 0.717) is 5.92 Å². The van der Waals surface area contributed by atoms with Crippen LogP contribution >= 0.6 is 18.6 Å². The van der Waals surface area contributed by atoms with Gasteiger partial charge in [0.2, 0.25) is 0 Å². The summed E-state index contributed by atoms with van der Waals surface area (Å²) in [6.07, 6.45) is -1.89. The van der Waals surface area contributed by atoms with Crippen molar-refractivity contribution in [2.75, 3.05) is 0 Å². The monoisotopic (exact) mass is 369 g/mol. The predicted molar refractivity (Wildman–Crippen MR) is 92.3 cm³/mol. The van der Waals surface area contributed by atoms with Crippen LogP contribution in [0.3, 0.4) is 0 Å². The number of nitrogens with one attached hydrogen (secondary N) is 1. The third-order valence-corrected chi connectivity index (χ3v) is 32.1. The van der Waals surface area contributed by atoms with Crippen LogP contribution in [0.25, 0.3) is 0 Å². The second kappa shape index (κ2) is 5.87. The number of rotatable bonds is 3. The predicted octanol–water partition coefficient (Wildman–Crippen LogP) is 5.80. The van der Waals surface area contributed by atoms with Crippen LogP contribution in [0.4, 0.5) is 0 Å². The first-order chi connectivity index (χ1) is 8.72. The third-order valence-electron chi connectivity index (χ3n) is 4.45. The summed E-state index contributed by atoms with van der Waals surface area (Å²) < 4.78 is 1.39. The molecule has 0 radical (unpaired) electrons. The van der Waals surface area contributed by atoms with Crippen molar-refractivity contribution in [1.29, 1.82) is 0 Å². The average Bonchev–Trinajstić information content (AvgIpc) is 2.39. The van der Waals surface area contributed by atoms with E-state index in [1.165, 1.54) is 20.6 Å². The molecule has 0 aromatic heterocycles. The van der Waals surface area contributed by atoms with Gasteiger partial charge in [0.25, 0.3) is 0 Å². The number of hydrogen-bond donors (Lipinski definition) is 1. The zero-order chi connectivity index (χ0) is 16.1. The van der Waals surface area contributed by atoms with Gasteiger partial charge in [0.05, 0.1) is 0 Å². The maximum atomic E-state index is 7.13. The van der Waals surface area contributed by atoms with Gasteiger partial charge in [-0.3, -0.25) is 0 Å². The molecule has 1 aliphatic carbocycles. The van der Waals surface area contributed by atoms with Gasteiger partial charge in [0, 0.05) is 0 Å². The van der Waals surface area contributed by atoms with Gasteiger partial charge in [0.1, 0.15) is 0 Å². The molecule has 1 nitrogen and oxygen atoms in total. The van der Waals surface area contributed by atoms with E-state index in [1.54, 1.807) is 0 Å². The summed E-state index contributed by atoms with van der Waals surface area (Å²) in [7, 11) is 14.3. The zero-order valence-corrected chi connectivity index (χ0v) is 18.4. The fourth-order valence-corrected chi connectivity index (χ4v) is 19.1. The molecule has 0 aliphatic heterocycles. The van der Waals surface area contributed by atoms with E-state index in [2.05, 4.69) is 66.5 Å². The van der Waals surface area contributed by atoms with Crippen molar-refractivity contribution in [3.63, 3.8) is 0 Å². The van der Waals surface area contributed by atoms with Gasteiger partial charge in [-0.15, -0.1) is 0 Å². The zero-order valence-electron chi connectivity index (χ0n) is 14.3. The van der Waals surface area contributed by atoms with Crippen molar-refractivity contribution in [2.45, 2.75) is 67.1 Å². The Bertz CT molecular complexity index is 473. The van der Waals surface area contributed by atoms with Crippen LogP contribution in [-0.4, -0.2) is 11.6 Å². The molecule has 5 heteroatoms. The van der Waals surface area contributed by atoms with Gasteiger partial charge in [-0.05, 0) is 0 Å². The Hall–Kier alpha value is 0.951. The van der Waals surface area contributed by atoms with Gasteiger partial charge >= 0.3 is 137 Å². The van der Waals surface area contributed by atoms with E-state index in [9.17, 15) is 0 Å². The molecule has 116 valence electrons. The van der Waals surface area contributed by atoms with Gasteiger partial charge in [-0.2, -0.15) is 0 Å².